The van der Waals surface area contributed by atoms with Gasteiger partial charge in [-0.2, -0.15) is 0 Å². The number of benzene rings is 1. The molecule has 0 atom stereocenters. The van der Waals surface area contributed by atoms with E-state index in [1.54, 1.807) is 6.08 Å². The Labute approximate surface area is 111 Å². The van der Waals surface area contributed by atoms with Crippen molar-refractivity contribution in [2.75, 3.05) is 0 Å². The lowest BCUT2D eigenvalue weighted by Crippen LogP contribution is -2.04. The summed E-state index contributed by atoms with van der Waals surface area (Å²) >= 11 is 3.40. The third-order valence-electron chi connectivity index (χ3n) is 2.47. The Bertz CT molecular complexity index is 452. The Morgan fingerprint density at radius 3 is 2.24 bits per heavy atom. The number of allylic oxidation sites excluding steroid dienone is 3. The van der Waals surface area contributed by atoms with Crippen molar-refractivity contribution in [2.45, 2.75) is 20.8 Å². The summed E-state index contributed by atoms with van der Waals surface area (Å²) < 4.78 is 1.03. The zero-order valence-corrected chi connectivity index (χ0v) is 12.0. The van der Waals surface area contributed by atoms with Gasteiger partial charge in [-0.1, -0.05) is 54.1 Å². The minimum Gasteiger partial charge on any atom is -0.295 e. The Balaban J connectivity index is 3.14. The number of ketones is 1. The molecule has 0 N–H and O–H groups in total. The molecule has 1 nitrogen and oxygen atoms in total. The van der Waals surface area contributed by atoms with Crippen LogP contribution in [0.1, 0.15) is 26.3 Å². The van der Waals surface area contributed by atoms with Crippen LogP contribution in [0, 0.1) is 5.92 Å². The van der Waals surface area contributed by atoms with Gasteiger partial charge in [0.1, 0.15) is 0 Å². The molecule has 0 spiro atoms. The third-order valence-corrected chi connectivity index (χ3v) is 3.00. The summed E-state index contributed by atoms with van der Waals surface area (Å²) in [4.78, 5) is 11.8. The summed E-state index contributed by atoms with van der Waals surface area (Å²) in [6.45, 7) is 9.65. The zero-order valence-electron chi connectivity index (χ0n) is 10.5. The van der Waals surface area contributed by atoms with Crippen molar-refractivity contribution in [3.05, 3.63) is 52.5 Å². The van der Waals surface area contributed by atoms with Crippen LogP contribution in [0.25, 0.3) is 5.57 Å². The number of carbonyl (C=O) groups is 1. The molecule has 0 unspecified atom stereocenters. The lowest BCUT2D eigenvalue weighted by Gasteiger charge is -2.08. The molecule has 0 saturated heterocycles. The van der Waals surface area contributed by atoms with Crippen LogP contribution in [0.15, 0.2) is 47.0 Å². The predicted molar refractivity (Wildman–Crippen MR) is 76.8 cm³/mol. The second-order valence-electron chi connectivity index (χ2n) is 4.40. The molecule has 0 aliphatic carbocycles. The first-order chi connectivity index (χ1) is 7.91. The Hall–Kier alpha value is -1.15. The van der Waals surface area contributed by atoms with Crippen molar-refractivity contribution in [3.63, 3.8) is 0 Å². The largest absolute Gasteiger partial charge is 0.295 e. The van der Waals surface area contributed by atoms with Crippen LogP contribution in [0.2, 0.25) is 0 Å². The lowest BCUT2D eigenvalue weighted by molar-refractivity contribution is -0.117. The third kappa shape index (κ3) is 3.97. The van der Waals surface area contributed by atoms with Gasteiger partial charge < -0.3 is 0 Å². The summed E-state index contributed by atoms with van der Waals surface area (Å²) in [5, 5.41) is 0. The molecule has 90 valence electrons. The van der Waals surface area contributed by atoms with Gasteiger partial charge in [-0.3, -0.25) is 4.79 Å². The molecule has 2 heteroatoms. The summed E-state index contributed by atoms with van der Waals surface area (Å²) in [7, 11) is 0. The van der Waals surface area contributed by atoms with Gasteiger partial charge in [-0.05, 0) is 36.3 Å². The SMILES string of the molecule is C=C(C)/C(=C\C(=O)C(C)C)c1ccc(Br)cc1. The van der Waals surface area contributed by atoms with E-state index in [0.717, 1.165) is 21.2 Å². The second-order valence-corrected chi connectivity index (χ2v) is 5.32. The Morgan fingerprint density at radius 2 is 1.82 bits per heavy atom. The van der Waals surface area contributed by atoms with E-state index in [1.165, 1.54) is 0 Å². The molecule has 0 saturated carbocycles. The average Bonchev–Trinajstić information content (AvgIpc) is 2.26. The second kappa shape index (κ2) is 5.97. The van der Waals surface area contributed by atoms with E-state index < -0.39 is 0 Å². The molecule has 0 aromatic heterocycles. The highest BCUT2D eigenvalue weighted by molar-refractivity contribution is 9.10. The number of carbonyl (C=O) groups excluding carboxylic acids is 1. The number of hydrogen-bond donors (Lipinski definition) is 0. The molecular formula is C15H17BrO. The first-order valence-electron chi connectivity index (χ1n) is 5.59. The molecule has 0 heterocycles. The van der Waals surface area contributed by atoms with Crippen molar-refractivity contribution < 1.29 is 4.79 Å². The molecule has 1 aromatic rings. The molecule has 0 aliphatic rings. The highest BCUT2D eigenvalue weighted by Gasteiger charge is 2.08. The van der Waals surface area contributed by atoms with Gasteiger partial charge >= 0.3 is 0 Å². The minimum absolute atomic E-state index is 0.0137. The Kier molecular flexibility index (Phi) is 4.88. The first-order valence-corrected chi connectivity index (χ1v) is 6.38. The van der Waals surface area contributed by atoms with Gasteiger partial charge in [-0.15, -0.1) is 0 Å². The monoisotopic (exact) mass is 292 g/mol. The molecule has 0 aliphatic heterocycles. The van der Waals surface area contributed by atoms with E-state index in [0.29, 0.717) is 0 Å². The van der Waals surface area contributed by atoms with E-state index >= 15 is 0 Å². The van der Waals surface area contributed by atoms with Crippen LogP contribution < -0.4 is 0 Å². The standard InChI is InChI=1S/C15H17BrO/c1-10(2)14(9-15(17)11(3)4)12-5-7-13(16)8-6-12/h5-9,11H,1H2,2-4H3/b14-9+. The molecule has 0 amide bonds. The summed E-state index contributed by atoms with van der Waals surface area (Å²) in [5.41, 5.74) is 2.84. The summed E-state index contributed by atoms with van der Waals surface area (Å²) in [6.07, 6.45) is 1.69. The van der Waals surface area contributed by atoms with Crippen molar-refractivity contribution in [1.82, 2.24) is 0 Å². The predicted octanol–water partition coefficient (Wildman–Crippen LogP) is 4.63. The molecule has 1 aromatic carbocycles. The van der Waals surface area contributed by atoms with E-state index in [1.807, 2.05) is 45.0 Å². The maximum Gasteiger partial charge on any atom is 0.158 e. The van der Waals surface area contributed by atoms with Crippen molar-refractivity contribution in [2.24, 2.45) is 5.92 Å². The normalized spacial score (nSPS) is 11.7. The smallest absolute Gasteiger partial charge is 0.158 e. The first kappa shape index (κ1) is 13.9. The number of rotatable bonds is 4. The van der Waals surface area contributed by atoms with Crippen LogP contribution in [-0.2, 0) is 4.79 Å². The van der Waals surface area contributed by atoms with Crippen LogP contribution >= 0.6 is 15.9 Å². The minimum atomic E-state index is 0.0137. The van der Waals surface area contributed by atoms with Crippen molar-refractivity contribution >= 4 is 27.3 Å². The molecule has 0 bridgehead atoms. The maximum absolute atomic E-state index is 11.8. The van der Waals surface area contributed by atoms with Crippen molar-refractivity contribution in [3.8, 4) is 0 Å². The van der Waals surface area contributed by atoms with Crippen LogP contribution in [-0.4, -0.2) is 5.78 Å². The summed E-state index contributed by atoms with van der Waals surface area (Å²) in [5.74, 6) is 0.144. The van der Waals surface area contributed by atoms with Crippen molar-refractivity contribution in [1.29, 1.82) is 0 Å². The molecule has 0 radical (unpaired) electrons. The molecule has 1 rings (SSSR count). The number of halogens is 1. The zero-order chi connectivity index (χ0) is 13.0. The topological polar surface area (TPSA) is 17.1 Å². The van der Waals surface area contributed by atoms with Crippen LogP contribution in [0.5, 0.6) is 0 Å². The number of hydrogen-bond acceptors (Lipinski definition) is 1. The van der Waals surface area contributed by atoms with E-state index in [4.69, 9.17) is 0 Å². The maximum atomic E-state index is 11.8. The molecular weight excluding hydrogens is 276 g/mol. The van der Waals surface area contributed by atoms with Gasteiger partial charge in [0.25, 0.3) is 0 Å². The fourth-order valence-electron chi connectivity index (χ4n) is 1.39. The molecule has 17 heavy (non-hydrogen) atoms. The average molecular weight is 293 g/mol. The fraction of sp³-hybridized carbons (Fsp3) is 0.267. The van der Waals surface area contributed by atoms with Gasteiger partial charge in [0.05, 0.1) is 0 Å². The van der Waals surface area contributed by atoms with Gasteiger partial charge in [0.15, 0.2) is 5.78 Å². The molecule has 0 fully saturated rings. The summed E-state index contributed by atoms with van der Waals surface area (Å²) in [6, 6.07) is 7.90. The highest BCUT2D eigenvalue weighted by Crippen LogP contribution is 2.24. The van der Waals surface area contributed by atoms with Crippen LogP contribution in [0.3, 0.4) is 0 Å². The van der Waals surface area contributed by atoms with E-state index in [9.17, 15) is 4.79 Å². The van der Waals surface area contributed by atoms with E-state index in [-0.39, 0.29) is 11.7 Å². The van der Waals surface area contributed by atoms with Gasteiger partial charge in [-0.25, -0.2) is 0 Å². The van der Waals surface area contributed by atoms with Gasteiger partial charge in [0.2, 0.25) is 0 Å². The highest BCUT2D eigenvalue weighted by atomic mass is 79.9. The fourth-order valence-corrected chi connectivity index (χ4v) is 1.66. The van der Waals surface area contributed by atoms with E-state index in [2.05, 4.69) is 22.5 Å². The Morgan fingerprint density at radius 1 is 1.29 bits per heavy atom. The quantitative estimate of drug-likeness (QED) is 0.584. The van der Waals surface area contributed by atoms with Crippen LogP contribution in [0.4, 0.5) is 0 Å². The van der Waals surface area contributed by atoms with Gasteiger partial charge in [0, 0.05) is 10.4 Å². The lowest BCUT2D eigenvalue weighted by atomic mass is 9.96.